The van der Waals surface area contributed by atoms with Gasteiger partial charge in [0.25, 0.3) is 0 Å². The Morgan fingerprint density at radius 3 is 1.57 bits per heavy atom. The molecule has 0 amide bonds. The molecule has 8 heteroatoms. The molecule has 0 spiro atoms. The molecule has 28 heavy (non-hydrogen) atoms. The predicted molar refractivity (Wildman–Crippen MR) is 114 cm³/mol. The molecule has 0 heterocycles. The van der Waals surface area contributed by atoms with Crippen molar-refractivity contribution < 1.29 is 33.6 Å². The molecule has 170 valence electrons. The van der Waals surface area contributed by atoms with Gasteiger partial charge in [-0.15, -0.1) is 0 Å². The lowest BCUT2D eigenvalue weighted by atomic mass is 10.5. The summed E-state index contributed by atoms with van der Waals surface area (Å²) in [6.07, 6.45) is 5.44. The van der Waals surface area contributed by atoms with E-state index in [2.05, 4.69) is 27.7 Å². The minimum absolute atomic E-state index is 0.0832. The molecule has 0 aromatic heterocycles. The van der Waals surface area contributed by atoms with E-state index in [-0.39, 0.29) is 13.0 Å². The van der Waals surface area contributed by atoms with E-state index < -0.39 is 13.2 Å². The van der Waals surface area contributed by atoms with Crippen molar-refractivity contribution in [2.45, 2.75) is 34.1 Å². The van der Waals surface area contributed by atoms with Gasteiger partial charge >= 0.3 is 0 Å². The molecule has 0 radical (unpaired) electrons. The van der Waals surface area contributed by atoms with Gasteiger partial charge in [-0.25, -0.2) is 0 Å². The molecule has 0 fully saturated rings. The minimum atomic E-state index is -1.10. The molecule has 7 nitrogen and oxygen atoms in total. The number of carbonyl (C=O) groups is 1. The van der Waals surface area contributed by atoms with Crippen LogP contribution in [0.25, 0.3) is 0 Å². The zero-order valence-corrected chi connectivity index (χ0v) is 19.6. The Bertz CT molecular complexity index is 317. The number of rotatable bonds is 19. The van der Waals surface area contributed by atoms with E-state index in [1.165, 1.54) is 24.6 Å². The number of aliphatic carboxylic acids is 1. The van der Waals surface area contributed by atoms with Gasteiger partial charge in [0.15, 0.2) is 0 Å². The minimum Gasteiger partial charge on any atom is -0.550 e. The van der Waals surface area contributed by atoms with E-state index in [0.29, 0.717) is 39.6 Å². The first-order chi connectivity index (χ1) is 13.5. The third-order valence-corrected chi connectivity index (χ3v) is 9.71. The molecule has 0 aliphatic rings. The van der Waals surface area contributed by atoms with Crippen LogP contribution >= 0.6 is 7.26 Å². The van der Waals surface area contributed by atoms with Crippen molar-refractivity contribution in [1.29, 1.82) is 0 Å². The van der Waals surface area contributed by atoms with Crippen LogP contribution < -0.4 is 5.11 Å². The van der Waals surface area contributed by atoms with Crippen molar-refractivity contribution in [3.8, 4) is 0 Å². The van der Waals surface area contributed by atoms with Crippen molar-refractivity contribution in [2.75, 3.05) is 91.2 Å². The Labute approximate surface area is 172 Å². The lowest BCUT2D eigenvalue weighted by molar-refractivity contribution is -0.306. The van der Waals surface area contributed by atoms with E-state index in [4.69, 9.17) is 23.7 Å². The Balaban J connectivity index is 0. The maximum absolute atomic E-state index is 10.0. The summed E-state index contributed by atoms with van der Waals surface area (Å²) in [7, 11) is 1.02. The van der Waals surface area contributed by atoms with E-state index in [9.17, 15) is 9.90 Å². The summed E-state index contributed by atoms with van der Waals surface area (Å²) < 4.78 is 25.5. The van der Waals surface area contributed by atoms with Crippen molar-refractivity contribution in [2.24, 2.45) is 0 Å². The maximum Gasteiger partial charge on any atom is 0.0827 e. The number of methoxy groups -OCH3 is 1. The van der Waals surface area contributed by atoms with Gasteiger partial charge in [0.2, 0.25) is 0 Å². The SMILES string of the molecule is CCOCC[P+](CC)(CC)CC.COCCOCCOCCOCCC(=O)[O-]. The monoisotopic (exact) mass is 426 g/mol. The van der Waals surface area contributed by atoms with Crippen LogP contribution in [0.1, 0.15) is 34.1 Å². The molecule has 0 N–H and O–H groups in total. The number of carboxylic acid groups (broad SMARTS) is 1. The second-order valence-corrected chi connectivity index (χ2v) is 11.2. The topological polar surface area (TPSA) is 86.3 Å². The van der Waals surface area contributed by atoms with Gasteiger partial charge in [-0.3, -0.25) is 0 Å². The van der Waals surface area contributed by atoms with Crippen LogP contribution in [0.2, 0.25) is 0 Å². The smallest absolute Gasteiger partial charge is 0.0827 e. The van der Waals surface area contributed by atoms with Gasteiger partial charge in [0, 0.05) is 33.4 Å². The lowest BCUT2D eigenvalue weighted by Gasteiger charge is -2.23. The van der Waals surface area contributed by atoms with Crippen LogP contribution in [0.5, 0.6) is 0 Å². The summed E-state index contributed by atoms with van der Waals surface area (Å²) in [6, 6.07) is 0. The Kier molecular flexibility index (Phi) is 24.5. The zero-order valence-electron chi connectivity index (χ0n) is 18.7. The van der Waals surface area contributed by atoms with Crippen molar-refractivity contribution in [1.82, 2.24) is 0 Å². The Hall–Kier alpha value is -0.300. The van der Waals surface area contributed by atoms with Crippen LogP contribution in [0, 0.1) is 0 Å². The predicted octanol–water partition coefficient (Wildman–Crippen LogP) is 1.92. The lowest BCUT2D eigenvalue weighted by Crippen LogP contribution is -2.24. The first-order valence-corrected chi connectivity index (χ1v) is 12.9. The number of ether oxygens (including phenoxy) is 5. The first kappa shape index (κ1) is 29.9. The van der Waals surface area contributed by atoms with Crippen molar-refractivity contribution >= 4 is 13.2 Å². The molecule has 0 rings (SSSR count). The molecule has 0 unspecified atom stereocenters. The molecule has 0 aromatic carbocycles. The summed E-state index contributed by atoms with van der Waals surface area (Å²) in [6.45, 7) is 14.1. The van der Waals surface area contributed by atoms with E-state index >= 15 is 0 Å². The normalized spacial score (nSPS) is 11.2. The molecule has 0 aromatic rings. The second-order valence-electron chi connectivity index (χ2n) is 6.16. The molecule has 0 saturated heterocycles. The van der Waals surface area contributed by atoms with Crippen LogP contribution in [-0.2, 0) is 28.5 Å². The standard InChI is InChI=1S/C10H20O6.C10H24OP/c1-13-4-5-15-8-9-16-7-6-14-3-2-10(11)12;1-5-11-9-10-12(6-2,7-3)8-4/h2-9H2,1H3,(H,11,12);5-10H2,1-4H3/q;+1/p-1. The molecule has 0 bridgehead atoms. The third kappa shape index (κ3) is 20.4. The maximum atomic E-state index is 10.0. The van der Waals surface area contributed by atoms with Gasteiger partial charge in [0.05, 0.1) is 77.5 Å². The van der Waals surface area contributed by atoms with Gasteiger partial charge in [0.1, 0.15) is 0 Å². The number of hydrogen-bond donors (Lipinski definition) is 0. The molecular formula is C20H43O7P. The average molecular weight is 427 g/mol. The number of hydrogen-bond acceptors (Lipinski definition) is 7. The van der Waals surface area contributed by atoms with Crippen LogP contribution in [0.4, 0.5) is 0 Å². The van der Waals surface area contributed by atoms with E-state index in [1.54, 1.807) is 7.11 Å². The summed E-state index contributed by atoms with van der Waals surface area (Å²) in [4.78, 5) is 10.0. The van der Waals surface area contributed by atoms with Gasteiger partial charge < -0.3 is 33.6 Å². The van der Waals surface area contributed by atoms with Crippen molar-refractivity contribution in [3.05, 3.63) is 0 Å². The molecule has 0 atom stereocenters. The van der Waals surface area contributed by atoms with Gasteiger partial charge in [-0.1, -0.05) is 0 Å². The first-order valence-electron chi connectivity index (χ1n) is 10.4. The highest BCUT2D eigenvalue weighted by Gasteiger charge is 2.30. The van der Waals surface area contributed by atoms with Crippen LogP contribution in [-0.4, -0.2) is 97.2 Å². The summed E-state index contributed by atoms with van der Waals surface area (Å²) in [5.74, 6) is -1.10. The Morgan fingerprint density at radius 2 is 1.18 bits per heavy atom. The summed E-state index contributed by atoms with van der Waals surface area (Å²) in [5, 5.41) is 10.0. The largest absolute Gasteiger partial charge is 0.550 e. The highest BCUT2D eigenvalue weighted by molar-refractivity contribution is 7.75. The van der Waals surface area contributed by atoms with E-state index in [0.717, 1.165) is 13.2 Å². The molecule has 0 saturated carbocycles. The fourth-order valence-corrected chi connectivity index (χ4v) is 5.19. The zero-order chi connectivity index (χ0) is 21.5. The molecule has 0 aliphatic heterocycles. The third-order valence-electron chi connectivity index (χ3n) is 4.55. The number of carboxylic acids is 1. The summed E-state index contributed by atoms with van der Waals surface area (Å²) >= 11 is 0. The highest BCUT2D eigenvalue weighted by Crippen LogP contribution is 2.57. The fourth-order valence-electron chi connectivity index (χ4n) is 2.39. The van der Waals surface area contributed by atoms with Crippen molar-refractivity contribution in [3.63, 3.8) is 0 Å². The quantitative estimate of drug-likeness (QED) is 0.230. The second kappa shape index (κ2) is 23.0. The average Bonchev–Trinajstić information content (AvgIpc) is 2.70. The van der Waals surface area contributed by atoms with Gasteiger partial charge in [-0.05, 0) is 27.7 Å². The Morgan fingerprint density at radius 1 is 0.714 bits per heavy atom. The summed E-state index contributed by atoms with van der Waals surface area (Å²) in [5.41, 5.74) is 0. The molecular weight excluding hydrogens is 383 g/mol. The van der Waals surface area contributed by atoms with Crippen LogP contribution in [0.15, 0.2) is 0 Å². The highest BCUT2D eigenvalue weighted by atomic mass is 31.2. The fraction of sp³-hybridized carbons (Fsp3) is 0.950. The van der Waals surface area contributed by atoms with Gasteiger partial charge in [-0.2, -0.15) is 0 Å². The van der Waals surface area contributed by atoms with Crippen LogP contribution in [0.3, 0.4) is 0 Å². The van der Waals surface area contributed by atoms with E-state index in [1.807, 2.05) is 0 Å². The molecule has 0 aliphatic carbocycles. The number of carbonyl (C=O) groups excluding carboxylic acids is 1.